The molecule has 130 valence electrons. The molecule has 0 atom stereocenters. The molecule has 1 heteroatoms. The van der Waals surface area contributed by atoms with Crippen molar-refractivity contribution in [3.8, 4) is 11.1 Å². The van der Waals surface area contributed by atoms with Crippen LogP contribution in [0, 0.1) is 13.5 Å². The summed E-state index contributed by atoms with van der Waals surface area (Å²) in [5.74, 6) is 0. The molecule has 0 saturated heterocycles. The van der Waals surface area contributed by atoms with Crippen molar-refractivity contribution in [3.05, 3.63) is 121 Å². The molecule has 0 fully saturated rings. The van der Waals surface area contributed by atoms with Crippen LogP contribution in [-0.2, 0) is 30.3 Å². The van der Waals surface area contributed by atoms with Crippen LogP contribution in [0.5, 0.6) is 0 Å². The average molecular weight is 513 g/mol. The molecule has 3 aromatic rings. The molecule has 0 amide bonds. The van der Waals surface area contributed by atoms with E-state index in [1.807, 2.05) is 6.07 Å². The molecule has 0 aliphatic heterocycles. The van der Waals surface area contributed by atoms with Gasteiger partial charge in [0.2, 0.25) is 0 Å². The first-order valence-electron chi connectivity index (χ1n) is 8.90. The van der Waals surface area contributed by atoms with Gasteiger partial charge in [0.15, 0.2) is 0 Å². The van der Waals surface area contributed by atoms with Gasteiger partial charge >= 0.3 is 63.5 Å². The fraction of sp³-hybridized carbons (Fsp3) is 0.0769. The van der Waals surface area contributed by atoms with E-state index >= 15 is 0 Å². The Kier molecular flexibility index (Phi) is 6.68. The molecule has 0 heterocycles. The zero-order valence-electron chi connectivity index (χ0n) is 15.6. The number of rotatable bonds is 2. The molecule has 5 rings (SSSR count). The fourth-order valence-electron chi connectivity index (χ4n) is 3.44. The van der Waals surface area contributed by atoms with Gasteiger partial charge in [0, 0.05) is 0 Å². The first-order chi connectivity index (χ1) is 12.8. The summed E-state index contributed by atoms with van der Waals surface area (Å²) in [4.78, 5) is 0. The molecule has 0 nitrogen and oxygen atoms in total. The molecule has 0 N–H and O–H groups in total. The van der Waals surface area contributed by atoms with Gasteiger partial charge in [0.1, 0.15) is 0 Å². The molecule has 2 aliphatic carbocycles. The van der Waals surface area contributed by atoms with Crippen molar-refractivity contribution >= 4 is 9.33 Å². The van der Waals surface area contributed by atoms with Crippen molar-refractivity contribution in [3.63, 3.8) is 0 Å². The molecular weight excluding hydrogens is 491 g/mol. The van der Waals surface area contributed by atoms with Crippen LogP contribution in [0.3, 0.4) is 0 Å². The van der Waals surface area contributed by atoms with Crippen LogP contribution in [0.15, 0.2) is 85.0 Å². The second kappa shape index (κ2) is 9.19. The summed E-state index contributed by atoms with van der Waals surface area (Å²) in [5, 5.41) is 0. The zero-order valence-corrected chi connectivity index (χ0v) is 19.2. The summed E-state index contributed by atoms with van der Waals surface area (Å²) >= 11 is 1.15. The number of allylic oxidation sites excluding steroid dienone is 4. The first-order valence-corrected chi connectivity index (χ1v) is 11.0. The normalized spacial score (nSPS) is 12.9. The molecule has 2 aliphatic rings. The minimum Gasteiger partial charge on any atom is -0.147 e. The Morgan fingerprint density at radius 3 is 2.33 bits per heavy atom. The Hall–Kier alpha value is -2.12. The molecular formula is C26H22Hf. The van der Waals surface area contributed by atoms with E-state index in [-0.39, 0.29) is 7.43 Å². The van der Waals surface area contributed by atoms with Crippen molar-refractivity contribution in [1.29, 1.82) is 0 Å². The first kappa shape index (κ1) is 19.6. The van der Waals surface area contributed by atoms with Crippen molar-refractivity contribution < 1.29 is 23.9 Å². The van der Waals surface area contributed by atoms with Crippen LogP contribution in [0.2, 0.25) is 0 Å². The summed E-state index contributed by atoms with van der Waals surface area (Å²) in [6.45, 7) is 0. The van der Waals surface area contributed by atoms with Crippen LogP contribution in [-0.4, -0.2) is 3.76 Å². The maximum absolute atomic E-state index is 3.61. The minimum atomic E-state index is 0. The van der Waals surface area contributed by atoms with Crippen LogP contribution in [0.4, 0.5) is 0 Å². The third kappa shape index (κ3) is 4.42. The van der Waals surface area contributed by atoms with E-state index in [0.29, 0.717) is 0 Å². The van der Waals surface area contributed by atoms with Crippen molar-refractivity contribution in [2.75, 3.05) is 0 Å². The predicted molar refractivity (Wildman–Crippen MR) is 113 cm³/mol. The molecule has 0 bridgehead atoms. The molecule has 0 spiro atoms. The third-order valence-corrected chi connectivity index (χ3v) is 5.98. The maximum atomic E-state index is 3.61. The average Bonchev–Trinajstić information content (AvgIpc) is 3.36. The van der Waals surface area contributed by atoms with Gasteiger partial charge in [-0.15, -0.1) is 41.0 Å². The monoisotopic (exact) mass is 514 g/mol. The molecule has 0 unspecified atom stereocenters. The minimum absolute atomic E-state index is 0. The van der Waals surface area contributed by atoms with Gasteiger partial charge in [-0.2, -0.15) is 0 Å². The maximum Gasteiger partial charge on any atom is -0.0195 e. The van der Waals surface area contributed by atoms with E-state index in [1.165, 1.54) is 39.0 Å². The summed E-state index contributed by atoms with van der Waals surface area (Å²) < 4.78 is 2.22. The van der Waals surface area contributed by atoms with E-state index in [9.17, 15) is 0 Å². The Balaban J connectivity index is 0.000000200. The van der Waals surface area contributed by atoms with Gasteiger partial charge < -0.3 is 7.43 Å². The van der Waals surface area contributed by atoms with Crippen molar-refractivity contribution in [1.82, 2.24) is 0 Å². The largest absolute Gasteiger partial charge is 0.147 e. The Morgan fingerprint density at radius 2 is 1.63 bits per heavy atom. The summed E-state index contributed by atoms with van der Waals surface area (Å²) in [6.07, 6.45) is 8.60. The third-order valence-electron chi connectivity index (χ3n) is 4.79. The zero-order chi connectivity index (χ0) is 17.8. The SMILES string of the molecule is [CH3-].[Hf+2]=[CH]c1ccccc1.[c-]1c(C2=CC=CC2)ccc2c1Cc1ccccc1-2. The van der Waals surface area contributed by atoms with E-state index < -0.39 is 0 Å². The Labute approximate surface area is 177 Å². The van der Waals surface area contributed by atoms with Gasteiger partial charge in [0.05, 0.1) is 0 Å². The van der Waals surface area contributed by atoms with Gasteiger partial charge in [-0.25, -0.2) is 0 Å². The van der Waals surface area contributed by atoms with E-state index in [0.717, 1.165) is 36.7 Å². The number of hydrogen-bond donors (Lipinski definition) is 0. The molecule has 0 radical (unpaired) electrons. The second-order valence-electron chi connectivity index (χ2n) is 6.48. The summed E-state index contributed by atoms with van der Waals surface area (Å²) in [6, 6.07) is 27.1. The van der Waals surface area contributed by atoms with Crippen LogP contribution in [0.1, 0.15) is 28.7 Å². The fourth-order valence-corrected chi connectivity index (χ4v) is 4.13. The number of fused-ring (bicyclic) bond motifs is 3. The number of hydrogen-bond acceptors (Lipinski definition) is 0. The van der Waals surface area contributed by atoms with Gasteiger partial charge in [-0.05, 0) is 18.4 Å². The second-order valence-corrected chi connectivity index (χ2v) is 7.51. The van der Waals surface area contributed by atoms with Crippen LogP contribution >= 0.6 is 0 Å². The van der Waals surface area contributed by atoms with E-state index in [2.05, 4.69) is 88.7 Å². The van der Waals surface area contributed by atoms with Crippen LogP contribution in [0.25, 0.3) is 16.7 Å². The number of benzene rings is 3. The van der Waals surface area contributed by atoms with Crippen molar-refractivity contribution in [2.45, 2.75) is 12.8 Å². The molecule has 27 heavy (non-hydrogen) atoms. The Morgan fingerprint density at radius 1 is 0.852 bits per heavy atom. The van der Waals surface area contributed by atoms with Gasteiger partial charge in [0.25, 0.3) is 0 Å². The molecule has 0 saturated carbocycles. The van der Waals surface area contributed by atoms with Gasteiger partial charge in [-0.3, -0.25) is 0 Å². The van der Waals surface area contributed by atoms with E-state index in [4.69, 9.17) is 0 Å². The Bertz CT molecular complexity index is 994. The predicted octanol–water partition coefficient (Wildman–Crippen LogP) is 6.24. The standard InChI is InChI=1S/C18H13.C7H6.CH3.Hf/c1-2-6-13(5-1)14-9-10-18-16(11-14)12-15-7-3-4-8-17(15)18;1-7-5-3-2-4-6-7;;/h1-5,7-10H,6,12H2;1-6H;1H3;/q-1;;-1;+2. The van der Waals surface area contributed by atoms with Gasteiger partial charge in [-0.1, -0.05) is 47.5 Å². The quantitative estimate of drug-likeness (QED) is 0.220. The van der Waals surface area contributed by atoms with Crippen LogP contribution < -0.4 is 0 Å². The topological polar surface area (TPSA) is 0 Å². The molecule has 0 aromatic heterocycles. The molecule has 3 aromatic carbocycles. The summed E-state index contributed by atoms with van der Waals surface area (Å²) in [7, 11) is 0. The smallest absolute Gasteiger partial charge is 0.0195 e. The van der Waals surface area contributed by atoms with E-state index in [1.54, 1.807) is 0 Å². The summed E-state index contributed by atoms with van der Waals surface area (Å²) in [5.41, 5.74) is 9.51. The van der Waals surface area contributed by atoms with Crippen molar-refractivity contribution in [2.24, 2.45) is 0 Å².